The first-order valence-electron chi connectivity index (χ1n) is 7.32. The van der Waals surface area contributed by atoms with Gasteiger partial charge in [-0.25, -0.2) is 4.98 Å². The third-order valence-corrected chi connectivity index (χ3v) is 5.64. The number of anilines is 1. The van der Waals surface area contributed by atoms with Crippen LogP contribution in [0.5, 0.6) is 0 Å². The molecule has 1 heterocycles. The van der Waals surface area contributed by atoms with Gasteiger partial charge in [0, 0.05) is 27.4 Å². The van der Waals surface area contributed by atoms with Gasteiger partial charge in [0.2, 0.25) is 0 Å². The average molecular weight is 361 g/mol. The Kier molecular flexibility index (Phi) is 5.60. The topological polar surface area (TPSA) is 24.9 Å². The molecule has 2 aromatic carbocycles. The standard InChI is InChI=1S/C18H17ClN2S2/c1-13-6-8-14(9-7-13)12-22-17-5-3-2-4-16(17)20-10-15-11-21-18(19)23-15/h2-9,11,20H,10,12H2,1H3. The van der Waals surface area contributed by atoms with Crippen molar-refractivity contribution in [2.45, 2.75) is 24.1 Å². The number of hydrogen-bond donors (Lipinski definition) is 1. The van der Waals surface area contributed by atoms with Crippen molar-refractivity contribution in [1.82, 2.24) is 4.98 Å². The Morgan fingerprint density at radius 1 is 1.13 bits per heavy atom. The molecule has 5 heteroatoms. The Morgan fingerprint density at radius 3 is 2.65 bits per heavy atom. The first kappa shape index (κ1) is 16.4. The molecule has 1 N–H and O–H groups in total. The maximum Gasteiger partial charge on any atom is 0.183 e. The zero-order valence-electron chi connectivity index (χ0n) is 12.8. The van der Waals surface area contributed by atoms with E-state index in [4.69, 9.17) is 11.6 Å². The molecule has 0 fully saturated rings. The van der Waals surface area contributed by atoms with Gasteiger partial charge in [-0.1, -0.05) is 53.6 Å². The highest BCUT2D eigenvalue weighted by atomic mass is 35.5. The fraction of sp³-hybridized carbons (Fsp3) is 0.167. The van der Waals surface area contributed by atoms with Crippen molar-refractivity contribution in [3.05, 3.63) is 75.2 Å². The number of rotatable bonds is 6. The summed E-state index contributed by atoms with van der Waals surface area (Å²) in [6.07, 6.45) is 1.82. The van der Waals surface area contributed by atoms with Crippen LogP contribution in [0.4, 0.5) is 5.69 Å². The molecule has 118 valence electrons. The molecule has 23 heavy (non-hydrogen) atoms. The highest BCUT2D eigenvalue weighted by molar-refractivity contribution is 7.98. The van der Waals surface area contributed by atoms with Crippen LogP contribution >= 0.6 is 34.7 Å². The number of benzene rings is 2. The normalized spacial score (nSPS) is 10.7. The van der Waals surface area contributed by atoms with Crippen LogP contribution in [0.2, 0.25) is 4.47 Å². The van der Waals surface area contributed by atoms with E-state index in [1.54, 1.807) is 0 Å². The van der Waals surface area contributed by atoms with Crippen molar-refractivity contribution >= 4 is 40.4 Å². The number of thiazole rings is 1. The van der Waals surface area contributed by atoms with Gasteiger partial charge >= 0.3 is 0 Å². The summed E-state index contributed by atoms with van der Waals surface area (Å²) in [5.74, 6) is 0.964. The van der Waals surface area contributed by atoms with E-state index in [9.17, 15) is 0 Å². The van der Waals surface area contributed by atoms with Crippen LogP contribution in [-0.2, 0) is 12.3 Å². The molecule has 0 atom stereocenters. The minimum Gasteiger partial charge on any atom is -0.379 e. The molecule has 3 rings (SSSR count). The third kappa shape index (κ3) is 4.74. The minimum absolute atomic E-state index is 0.587. The third-order valence-electron chi connectivity index (χ3n) is 3.38. The summed E-state index contributed by atoms with van der Waals surface area (Å²) in [5, 5.41) is 3.48. The second-order valence-corrected chi connectivity index (χ2v) is 7.92. The number of aromatic nitrogens is 1. The van der Waals surface area contributed by atoms with Crippen LogP contribution in [0.25, 0.3) is 0 Å². The van der Waals surface area contributed by atoms with Gasteiger partial charge in [-0.15, -0.1) is 23.1 Å². The van der Waals surface area contributed by atoms with Crippen LogP contribution in [-0.4, -0.2) is 4.98 Å². The van der Waals surface area contributed by atoms with Crippen molar-refractivity contribution in [2.75, 3.05) is 5.32 Å². The highest BCUT2D eigenvalue weighted by Gasteiger charge is 2.05. The molecule has 0 radical (unpaired) electrons. The maximum atomic E-state index is 5.88. The summed E-state index contributed by atoms with van der Waals surface area (Å²) < 4.78 is 0.587. The number of nitrogens with one attached hydrogen (secondary N) is 1. The van der Waals surface area contributed by atoms with Crippen LogP contribution in [0.3, 0.4) is 0 Å². The van der Waals surface area contributed by atoms with Crippen molar-refractivity contribution < 1.29 is 0 Å². The molecule has 0 spiro atoms. The molecule has 0 unspecified atom stereocenters. The zero-order chi connectivity index (χ0) is 16.1. The SMILES string of the molecule is Cc1ccc(CSc2ccccc2NCc2cnc(Cl)s2)cc1. The van der Waals surface area contributed by atoms with E-state index in [0.29, 0.717) is 4.47 Å². The minimum atomic E-state index is 0.587. The fourth-order valence-electron chi connectivity index (χ4n) is 2.13. The summed E-state index contributed by atoms with van der Waals surface area (Å²) >= 11 is 9.23. The Hall–Kier alpha value is -1.49. The molecule has 0 aliphatic carbocycles. The van der Waals surface area contributed by atoms with Crippen LogP contribution < -0.4 is 5.32 Å². The summed E-state index contributed by atoms with van der Waals surface area (Å²) in [6, 6.07) is 17.1. The largest absolute Gasteiger partial charge is 0.379 e. The number of halogens is 1. The zero-order valence-corrected chi connectivity index (χ0v) is 15.1. The Bertz CT molecular complexity index is 769. The van der Waals surface area contributed by atoms with Gasteiger partial charge in [0.1, 0.15) is 0 Å². The predicted molar refractivity (Wildman–Crippen MR) is 102 cm³/mol. The van der Waals surface area contributed by atoms with Crippen molar-refractivity contribution in [1.29, 1.82) is 0 Å². The maximum absolute atomic E-state index is 5.88. The van der Waals surface area contributed by atoms with Crippen LogP contribution in [0.15, 0.2) is 59.6 Å². The van der Waals surface area contributed by atoms with Gasteiger partial charge in [-0.05, 0) is 24.6 Å². The molecule has 0 bridgehead atoms. The quantitative estimate of drug-likeness (QED) is 0.545. The molecule has 0 amide bonds. The van der Waals surface area contributed by atoms with E-state index < -0.39 is 0 Å². The van der Waals surface area contributed by atoms with Crippen molar-refractivity contribution in [2.24, 2.45) is 0 Å². The van der Waals surface area contributed by atoms with E-state index in [1.165, 1.54) is 27.4 Å². The van der Waals surface area contributed by atoms with E-state index >= 15 is 0 Å². The molecule has 0 saturated heterocycles. The number of hydrogen-bond acceptors (Lipinski definition) is 4. The molecule has 3 aromatic rings. The van der Waals surface area contributed by atoms with E-state index in [-0.39, 0.29) is 0 Å². The summed E-state index contributed by atoms with van der Waals surface area (Å²) in [7, 11) is 0. The number of nitrogens with zero attached hydrogens (tertiary/aromatic N) is 1. The summed E-state index contributed by atoms with van der Waals surface area (Å²) in [4.78, 5) is 6.46. The van der Waals surface area contributed by atoms with Gasteiger partial charge in [0.25, 0.3) is 0 Å². The van der Waals surface area contributed by atoms with Gasteiger partial charge in [0.15, 0.2) is 4.47 Å². The van der Waals surface area contributed by atoms with Crippen molar-refractivity contribution in [3.63, 3.8) is 0 Å². The monoisotopic (exact) mass is 360 g/mol. The number of para-hydroxylation sites is 1. The average Bonchev–Trinajstić information content (AvgIpc) is 2.99. The van der Waals surface area contributed by atoms with Gasteiger partial charge < -0.3 is 5.32 Å². The molecule has 0 aliphatic heterocycles. The van der Waals surface area contributed by atoms with Gasteiger partial charge in [-0.2, -0.15) is 0 Å². The number of thioether (sulfide) groups is 1. The van der Waals surface area contributed by atoms with E-state index in [2.05, 4.69) is 65.8 Å². The fourth-order valence-corrected chi connectivity index (χ4v) is 4.03. The highest BCUT2D eigenvalue weighted by Crippen LogP contribution is 2.30. The second kappa shape index (κ2) is 7.86. The first-order chi connectivity index (χ1) is 11.2. The second-order valence-electron chi connectivity index (χ2n) is 5.20. The molecule has 1 aromatic heterocycles. The number of aryl methyl sites for hydroxylation is 1. The lowest BCUT2D eigenvalue weighted by Gasteiger charge is -2.11. The van der Waals surface area contributed by atoms with Crippen LogP contribution in [0, 0.1) is 6.92 Å². The van der Waals surface area contributed by atoms with Crippen LogP contribution in [0.1, 0.15) is 16.0 Å². The molecular formula is C18H17ClN2S2. The first-order valence-corrected chi connectivity index (χ1v) is 9.50. The smallest absolute Gasteiger partial charge is 0.183 e. The molecular weight excluding hydrogens is 344 g/mol. The lowest BCUT2D eigenvalue weighted by Crippen LogP contribution is -1.98. The lowest BCUT2D eigenvalue weighted by molar-refractivity contribution is 1.15. The van der Waals surface area contributed by atoms with E-state index in [0.717, 1.165) is 22.9 Å². The molecule has 0 aliphatic rings. The summed E-state index contributed by atoms with van der Waals surface area (Å²) in [6.45, 7) is 2.86. The predicted octanol–water partition coefficient (Wildman–Crippen LogP) is 6.01. The Morgan fingerprint density at radius 2 is 1.91 bits per heavy atom. The Balaban J connectivity index is 1.64. The van der Waals surface area contributed by atoms with Crippen molar-refractivity contribution in [3.8, 4) is 0 Å². The van der Waals surface area contributed by atoms with Gasteiger partial charge in [0.05, 0.1) is 6.54 Å². The molecule has 2 nitrogen and oxygen atoms in total. The Labute approximate surface area is 149 Å². The van der Waals surface area contributed by atoms with E-state index in [1.807, 2.05) is 18.0 Å². The summed E-state index contributed by atoms with van der Waals surface area (Å²) in [5.41, 5.74) is 3.78. The molecule has 0 saturated carbocycles. The lowest BCUT2D eigenvalue weighted by atomic mass is 10.2. The van der Waals surface area contributed by atoms with Gasteiger partial charge in [-0.3, -0.25) is 0 Å².